The van der Waals surface area contributed by atoms with Gasteiger partial charge < -0.3 is 9.47 Å². The molecule has 27 heavy (non-hydrogen) atoms. The number of rotatable bonds is 7. The average Bonchev–Trinajstić information content (AvgIpc) is 2.68. The van der Waals surface area contributed by atoms with Crippen molar-refractivity contribution >= 4 is 0 Å². The van der Waals surface area contributed by atoms with E-state index in [1.165, 1.54) is 64.2 Å². The van der Waals surface area contributed by atoms with Crippen LogP contribution in [0.15, 0.2) is 12.2 Å². The van der Waals surface area contributed by atoms with Crippen LogP contribution in [0.4, 0.5) is 8.78 Å². The van der Waals surface area contributed by atoms with E-state index in [0.717, 1.165) is 43.5 Å². The van der Waals surface area contributed by atoms with Gasteiger partial charge >= 0.3 is 0 Å². The third-order valence-electron chi connectivity index (χ3n) is 7.44. The van der Waals surface area contributed by atoms with E-state index in [2.05, 4.69) is 0 Å². The predicted octanol–water partition coefficient (Wildman–Crippen LogP) is 6.95. The van der Waals surface area contributed by atoms with Crippen LogP contribution in [-0.2, 0) is 9.47 Å². The minimum absolute atomic E-state index is 0.0203. The molecule has 0 amide bonds. The fourth-order valence-electron chi connectivity index (χ4n) is 5.60. The summed E-state index contributed by atoms with van der Waals surface area (Å²) in [4.78, 5) is 0. The maximum Gasteiger partial charge on any atom is 0.266 e. The lowest BCUT2D eigenvalue weighted by Crippen LogP contribution is -2.30. The van der Waals surface area contributed by atoms with Crippen molar-refractivity contribution in [1.29, 1.82) is 0 Å². The first-order valence-electron chi connectivity index (χ1n) is 11.3. The standard InChI is InChI=1S/C23H38F2O2/c1-17-26-15-20(16-27-17)6-5-19-9-13-22(14-10-19)21-11-7-18(8-12-21)3-2-4-23(24)25/h4,17-22H,2-3,5-16H2,1H3. The van der Waals surface area contributed by atoms with Crippen molar-refractivity contribution in [2.45, 2.75) is 90.3 Å². The van der Waals surface area contributed by atoms with Gasteiger partial charge in [0.05, 0.1) is 13.2 Å². The van der Waals surface area contributed by atoms with E-state index in [1.54, 1.807) is 0 Å². The molecule has 0 radical (unpaired) electrons. The third kappa shape index (κ3) is 7.12. The number of halogens is 2. The summed E-state index contributed by atoms with van der Waals surface area (Å²) >= 11 is 0. The number of hydrogen-bond donors (Lipinski definition) is 0. The molecule has 1 heterocycles. The fraction of sp³-hybridized carbons (Fsp3) is 0.913. The first kappa shape index (κ1) is 21.2. The van der Waals surface area contributed by atoms with E-state index in [4.69, 9.17) is 9.47 Å². The summed E-state index contributed by atoms with van der Waals surface area (Å²) in [6, 6.07) is 0. The maximum absolute atomic E-state index is 12.2. The molecule has 156 valence electrons. The van der Waals surface area contributed by atoms with Crippen LogP contribution in [-0.4, -0.2) is 19.5 Å². The van der Waals surface area contributed by atoms with Gasteiger partial charge in [-0.05, 0) is 81.6 Å². The lowest BCUT2D eigenvalue weighted by Gasteiger charge is -2.38. The van der Waals surface area contributed by atoms with Gasteiger partial charge in [0, 0.05) is 5.92 Å². The predicted molar refractivity (Wildman–Crippen MR) is 105 cm³/mol. The van der Waals surface area contributed by atoms with Crippen molar-refractivity contribution in [2.75, 3.05) is 13.2 Å². The van der Waals surface area contributed by atoms with Gasteiger partial charge in [0.2, 0.25) is 0 Å². The van der Waals surface area contributed by atoms with Crippen molar-refractivity contribution in [3.05, 3.63) is 12.2 Å². The van der Waals surface area contributed by atoms with Crippen LogP contribution in [0, 0.1) is 29.6 Å². The minimum atomic E-state index is -1.52. The Morgan fingerprint density at radius 1 is 0.741 bits per heavy atom. The third-order valence-corrected chi connectivity index (χ3v) is 7.44. The Bertz CT molecular complexity index is 439. The molecule has 2 aliphatic carbocycles. The van der Waals surface area contributed by atoms with Crippen molar-refractivity contribution in [3.63, 3.8) is 0 Å². The zero-order valence-corrected chi connectivity index (χ0v) is 17.0. The molecule has 0 aromatic carbocycles. The summed E-state index contributed by atoms with van der Waals surface area (Å²) in [5, 5.41) is 0. The van der Waals surface area contributed by atoms with Gasteiger partial charge in [-0.3, -0.25) is 0 Å². The first-order chi connectivity index (χ1) is 13.1. The number of hydrogen-bond acceptors (Lipinski definition) is 2. The SMILES string of the molecule is CC1OCC(CCC2CCC(C3CCC(CCC=C(F)F)CC3)CC2)CO1. The fourth-order valence-corrected chi connectivity index (χ4v) is 5.60. The summed E-state index contributed by atoms with van der Waals surface area (Å²) in [6.07, 6.45) is 14.4. The molecule has 3 aliphatic rings. The van der Waals surface area contributed by atoms with E-state index < -0.39 is 6.08 Å². The quantitative estimate of drug-likeness (QED) is 0.473. The Balaban J connectivity index is 1.28. The normalized spacial score (nSPS) is 37.7. The molecule has 0 atom stereocenters. The summed E-state index contributed by atoms with van der Waals surface area (Å²) < 4.78 is 35.5. The molecule has 2 nitrogen and oxygen atoms in total. The Morgan fingerprint density at radius 3 is 1.74 bits per heavy atom. The van der Waals surface area contributed by atoms with E-state index in [1.807, 2.05) is 6.92 Å². The van der Waals surface area contributed by atoms with Crippen LogP contribution >= 0.6 is 0 Å². The van der Waals surface area contributed by atoms with Gasteiger partial charge in [-0.2, -0.15) is 8.78 Å². The monoisotopic (exact) mass is 384 g/mol. The van der Waals surface area contributed by atoms with Crippen LogP contribution in [0.3, 0.4) is 0 Å². The van der Waals surface area contributed by atoms with Gasteiger partial charge in [-0.25, -0.2) is 0 Å². The highest BCUT2D eigenvalue weighted by Crippen LogP contribution is 2.43. The molecular formula is C23H38F2O2. The number of allylic oxidation sites excluding steroid dienone is 1. The smallest absolute Gasteiger partial charge is 0.266 e. The Hall–Kier alpha value is -0.480. The summed E-state index contributed by atoms with van der Waals surface area (Å²) in [6.45, 7) is 3.72. The molecule has 0 bridgehead atoms. The second-order valence-electron chi connectivity index (χ2n) is 9.31. The van der Waals surface area contributed by atoms with E-state index in [-0.39, 0.29) is 6.29 Å². The molecule has 0 unspecified atom stereocenters. The molecular weight excluding hydrogens is 346 g/mol. The molecule has 0 aromatic rings. The largest absolute Gasteiger partial charge is 0.353 e. The highest BCUT2D eigenvalue weighted by atomic mass is 19.3. The second-order valence-corrected chi connectivity index (χ2v) is 9.31. The molecule has 2 saturated carbocycles. The molecule has 0 spiro atoms. The van der Waals surface area contributed by atoms with Crippen LogP contribution in [0.25, 0.3) is 0 Å². The Labute approximate surface area is 164 Å². The zero-order chi connectivity index (χ0) is 19.1. The second kappa shape index (κ2) is 10.9. The Morgan fingerprint density at radius 2 is 1.22 bits per heavy atom. The molecule has 1 aliphatic heterocycles. The summed E-state index contributed by atoms with van der Waals surface area (Å²) in [5.74, 6) is 4.00. The van der Waals surface area contributed by atoms with Gasteiger partial charge in [-0.1, -0.05) is 32.1 Å². The van der Waals surface area contributed by atoms with E-state index >= 15 is 0 Å². The van der Waals surface area contributed by atoms with Gasteiger partial charge in [-0.15, -0.1) is 0 Å². The molecule has 1 saturated heterocycles. The topological polar surface area (TPSA) is 18.5 Å². The van der Waals surface area contributed by atoms with Crippen LogP contribution in [0.5, 0.6) is 0 Å². The minimum Gasteiger partial charge on any atom is -0.353 e. The highest BCUT2D eigenvalue weighted by molar-refractivity contribution is 4.85. The van der Waals surface area contributed by atoms with Gasteiger partial charge in [0.1, 0.15) is 0 Å². The lowest BCUT2D eigenvalue weighted by atomic mass is 9.68. The average molecular weight is 385 g/mol. The molecule has 0 N–H and O–H groups in total. The van der Waals surface area contributed by atoms with Crippen molar-refractivity contribution in [3.8, 4) is 0 Å². The van der Waals surface area contributed by atoms with Crippen LogP contribution in [0.1, 0.15) is 84.0 Å². The van der Waals surface area contributed by atoms with Crippen molar-refractivity contribution < 1.29 is 18.3 Å². The highest BCUT2D eigenvalue weighted by Gasteiger charge is 2.31. The first-order valence-corrected chi connectivity index (χ1v) is 11.3. The maximum atomic E-state index is 12.2. The summed E-state index contributed by atoms with van der Waals surface area (Å²) in [7, 11) is 0. The van der Waals surface area contributed by atoms with Crippen LogP contribution in [0.2, 0.25) is 0 Å². The summed E-state index contributed by atoms with van der Waals surface area (Å²) in [5.41, 5.74) is 0. The van der Waals surface area contributed by atoms with Crippen LogP contribution < -0.4 is 0 Å². The van der Waals surface area contributed by atoms with Crippen molar-refractivity contribution in [2.24, 2.45) is 29.6 Å². The number of ether oxygens (including phenoxy) is 2. The lowest BCUT2D eigenvalue weighted by molar-refractivity contribution is -0.191. The van der Waals surface area contributed by atoms with Crippen molar-refractivity contribution in [1.82, 2.24) is 0 Å². The van der Waals surface area contributed by atoms with E-state index in [9.17, 15) is 8.78 Å². The van der Waals surface area contributed by atoms with E-state index in [0.29, 0.717) is 18.3 Å². The molecule has 0 aromatic heterocycles. The molecule has 3 rings (SSSR count). The molecule has 4 heteroatoms. The van der Waals surface area contributed by atoms with Gasteiger partial charge in [0.25, 0.3) is 6.08 Å². The van der Waals surface area contributed by atoms with Gasteiger partial charge in [0.15, 0.2) is 6.29 Å². The molecule has 3 fully saturated rings. The Kier molecular flexibility index (Phi) is 8.57. The zero-order valence-electron chi connectivity index (χ0n) is 17.0.